The van der Waals surface area contributed by atoms with E-state index in [0.29, 0.717) is 31.2 Å². The van der Waals surface area contributed by atoms with Gasteiger partial charge in [-0.3, -0.25) is 4.79 Å². The highest BCUT2D eigenvalue weighted by molar-refractivity contribution is 5.87. The van der Waals surface area contributed by atoms with Crippen LogP contribution in [0.1, 0.15) is 36.0 Å². The number of rotatable bonds is 6. The van der Waals surface area contributed by atoms with Gasteiger partial charge in [-0.1, -0.05) is 0 Å². The molecule has 1 N–H and O–H groups in total. The van der Waals surface area contributed by atoms with Crippen LogP contribution in [-0.2, 0) is 4.79 Å². The molecule has 0 saturated carbocycles. The molecule has 0 radical (unpaired) electrons. The smallest absolute Gasteiger partial charge is 0.335 e. The van der Waals surface area contributed by atoms with Crippen molar-refractivity contribution in [2.75, 3.05) is 33.2 Å². The second-order valence-electron chi connectivity index (χ2n) is 7.18. The van der Waals surface area contributed by atoms with Crippen LogP contribution >= 0.6 is 0 Å². The molecule has 2 saturated heterocycles. The van der Waals surface area contributed by atoms with E-state index < -0.39 is 5.97 Å². The van der Waals surface area contributed by atoms with Gasteiger partial charge in [0.1, 0.15) is 11.9 Å². The predicted molar refractivity (Wildman–Crippen MR) is 93.9 cm³/mol. The first-order valence-electron chi connectivity index (χ1n) is 8.97. The number of ether oxygens (including phenoxy) is 1. The van der Waals surface area contributed by atoms with Crippen LogP contribution in [0.3, 0.4) is 0 Å². The summed E-state index contributed by atoms with van der Waals surface area (Å²) in [6.45, 7) is 3.50. The summed E-state index contributed by atoms with van der Waals surface area (Å²) in [5, 5.41) is 8.88. The summed E-state index contributed by atoms with van der Waals surface area (Å²) in [6, 6.07) is 6.38. The van der Waals surface area contributed by atoms with Crippen molar-refractivity contribution < 1.29 is 19.4 Å². The first-order valence-corrected chi connectivity index (χ1v) is 8.97. The Morgan fingerprint density at radius 2 is 1.92 bits per heavy atom. The van der Waals surface area contributed by atoms with Gasteiger partial charge in [-0.2, -0.15) is 0 Å². The van der Waals surface area contributed by atoms with E-state index in [4.69, 9.17) is 9.84 Å². The molecule has 25 heavy (non-hydrogen) atoms. The van der Waals surface area contributed by atoms with Crippen LogP contribution in [0.25, 0.3) is 0 Å². The molecule has 6 nitrogen and oxygen atoms in total. The molecule has 2 heterocycles. The lowest BCUT2D eigenvalue weighted by Gasteiger charge is -2.39. The lowest BCUT2D eigenvalue weighted by Crippen LogP contribution is -2.56. The second-order valence-corrected chi connectivity index (χ2v) is 7.18. The maximum absolute atomic E-state index is 12.3. The number of hydrogen-bond acceptors (Lipinski definition) is 4. The Morgan fingerprint density at radius 1 is 1.20 bits per heavy atom. The number of carbonyl (C=O) groups excluding carboxylic acids is 1. The fourth-order valence-electron chi connectivity index (χ4n) is 3.58. The fourth-order valence-corrected chi connectivity index (χ4v) is 3.58. The largest absolute Gasteiger partial charge is 0.487 e. The Hall–Kier alpha value is -2.08. The molecular weight excluding hydrogens is 320 g/mol. The molecule has 6 heteroatoms. The van der Waals surface area contributed by atoms with Gasteiger partial charge in [0.15, 0.2) is 0 Å². The van der Waals surface area contributed by atoms with E-state index in [0.717, 1.165) is 13.0 Å². The maximum atomic E-state index is 12.3. The van der Waals surface area contributed by atoms with Crippen LogP contribution in [-0.4, -0.2) is 66.1 Å². The average molecular weight is 346 g/mol. The Kier molecular flexibility index (Phi) is 5.58. The van der Waals surface area contributed by atoms with Crippen LogP contribution in [0, 0.1) is 5.92 Å². The lowest BCUT2D eigenvalue weighted by atomic mass is 9.93. The van der Waals surface area contributed by atoms with Crippen LogP contribution in [0.5, 0.6) is 5.75 Å². The monoisotopic (exact) mass is 346 g/mol. The molecule has 0 aliphatic carbocycles. The van der Waals surface area contributed by atoms with Gasteiger partial charge in [-0.15, -0.1) is 0 Å². The Bertz CT molecular complexity index is 610. The van der Waals surface area contributed by atoms with Crippen molar-refractivity contribution in [2.45, 2.75) is 31.8 Å². The summed E-state index contributed by atoms with van der Waals surface area (Å²) in [4.78, 5) is 27.3. The second kappa shape index (κ2) is 7.87. The van der Waals surface area contributed by atoms with E-state index in [1.54, 1.807) is 12.1 Å². The van der Waals surface area contributed by atoms with Crippen LogP contribution in [0.15, 0.2) is 24.3 Å². The Labute approximate surface area is 148 Å². The van der Waals surface area contributed by atoms with Gasteiger partial charge in [0, 0.05) is 13.0 Å². The highest BCUT2D eigenvalue weighted by atomic mass is 16.5. The molecule has 0 aromatic heterocycles. The molecule has 2 aliphatic rings. The van der Waals surface area contributed by atoms with Gasteiger partial charge < -0.3 is 19.6 Å². The third kappa shape index (κ3) is 4.72. The SMILES string of the molecule is CN1CCC[C@H](CCC(=O)N2CC(Oc3ccc(C(=O)O)cc3)C2)C1. The molecule has 2 fully saturated rings. The van der Waals surface area contributed by atoms with E-state index in [1.165, 1.54) is 31.5 Å². The summed E-state index contributed by atoms with van der Waals surface area (Å²) in [6.07, 6.45) is 4.06. The molecule has 1 amide bonds. The predicted octanol–water partition coefficient (Wildman–Crippen LogP) is 2.10. The Morgan fingerprint density at radius 3 is 2.56 bits per heavy atom. The van der Waals surface area contributed by atoms with Gasteiger partial charge in [0.25, 0.3) is 0 Å². The van der Waals surface area contributed by atoms with Crippen molar-refractivity contribution in [3.63, 3.8) is 0 Å². The van der Waals surface area contributed by atoms with Gasteiger partial charge in [-0.05, 0) is 63.0 Å². The number of amides is 1. The zero-order valence-corrected chi connectivity index (χ0v) is 14.7. The van der Waals surface area contributed by atoms with Gasteiger partial charge in [0.2, 0.25) is 5.91 Å². The van der Waals surface area contributed by atoms with Gasteiger partial charge in [-0.25, -0.2) is 4.79 Å². The Balaban J connectivity index is 1.37. The van der Waals surface area contributed by atoms with Crippen molar-refractivity contribution in [3.8, 4) is 5.75 Å². The van der Waals surface area contributed by atoms with E-state index in [2.05, 4.69) is 11.9 Å². The topological polar surface area (TPSA) is 70.1 Å². The molecule has 0 spiro atoms. The first-order chi connectivity index (χ1) is 12.0. The molecule has 1 aromatic rings. The minimum Gasteiger partial charge on any atom is -0.487 e. The first kappa shape index (κ1) is 17.7. The van der Waals surface area contributed by atoms with Gasteiger partial charge in [0.05, 0.1) is 18.7 Å². The summed E-state index contributed by atoms with van der Waals surface area (Å²) < 4.78 is 5.78. The molecule has 1 aromatic carbocycles. The summed E-state index contributed by atoms with van der Waals surface area (Å²) in [5.74, 6) is 0.557. The van der Waals surface area contributed by atoms with E-state index in [9.17, 15) is 9.59 Å². The van der Waals surface area contributed by atoms with Crippen molar-refractivity contribution in [2.24, 2.45) is 5.92 Å². The molecule has 3 rings (SSSR count). The third-order valence-corrected chi connectivity index (χ3v) is 5.09. The van der Waals surface area contributed by atoms with E-state index >= 15 is 0 Å². The minimum atomic E-state index is -0.948. The standard InChI is InChI=1S/C19H26N2O4/c1-20-10-2-3-14(11-20)4-9-18(22)21-12-17(13-21)25-16-7-5-15(6-8-16)19(23)24/h5-8,14,17H,2-4,9-13H2,1H3,(H,23,24)/t14-/m1/s1. The number of carboxylic acid groups (broad SMARTS) is 1. The van der Waals surface area contributed by atoms with Crippen LogP contribution in [0.4, 0.5) is 0 Å². The molecule has 136 valence electrons. The van der Waals surface area contributed by atoms with Crippen molar-refractivity contribution in [3.05, 3.63) is 29.8 Å². The summed E-state index contributed by atoms with van der Waals surface area (Å²) >= 11 is 0. The number of hydrogen-bond donors (Lipinski definition) is 1. The van der Waals surface area contributed by atoms with E-state index in [-0.39, 0.29) is 17.6 Å². The normalized spacial score (nSPS) is 21.6. The zero-order valence-electron chi connectivity index (χ0n) is 14.7. The van der Waals surface area contributed by atoms with E-state index in [1.807, 2.05) is 4.90 Å². The third-order valence-electron chi connectivity index (χ3n) is 5.09. The van der Waals surface area contributed by atoms with Crippen molar-refractivity contribution in [1.29, 1.82) is 0 Å². The minimum absolute atomic E-state index is 0.000409. The number of aromatic carboxylic acids is 1. The highest BCUT2D eigenvalue weighted by Crippen LogP contribution is 2.23. The molecule has 0 unspecified atom stereocenters. The number of carboxylic acids is 1. The molecule has 1 atom stereocenters. The van der Waals surface area contributed by atoms with Crippen LogP contribution < -0.4 is 4.74 Å². The molecule has 0 bridgehead atoms. The van der Waals surface area contributed by atoms with Crippen LogP contribution in [0.2, 0.25) is 0 Å². The number of piperidine rings is 1. The fraction of sp³-hybridized carbons (Fsp3) is 0.579. The molecular formula is C19H26N2O4. The number of benzene rings is 1. The lowest BCUT2D eigenvalue weighted by molar-refractivity contribution is -0.140. The average Bonchev–Trinajstić information content (AvgIpc) is 2.56. The van der Waals surface area contributed by atoms with Gasteiger partial charge >= 0.3 is 5.97 Å². The summed E-state index contributed by atoms with van der Waals surface area (Å²) in [5.41, 5.74) is 0.242. The van der Waals surface area contributed by atoms with Crippen molar-refractivity contribution in [1.82, 2.24) is 9.80 Å². The summed E-state index contributed by atoms with van der Waals surface area (Å²) in [7, 11) is 2.15. The highest BCUT2D eigenvalue weighted by Gasteiger charge is 2.32. The molecule has 2 aliphatic heterocycles. The number of nitrogens with zero attached hydrogens (tertiary/aromatic N) is 2. The number of likely N-dealkylation sites (tertiary alicyclic amines) is 2. The quantitative estimate of drug-likeness (QED) is 0.854. The zero-order chi connectivity index (χ0) is 17.8. The maximum Gasteiger partial charge on any atom is 0.335 e. The van der Waals surface area contributed by atoms with Crippen molar-refractivity contribution >= 4 is 11.9 Å². The number of carbonyl (C=O) groups is 2.